The number of nitrogens with zero attached hydrogens (tertiary/aromatic N) is 3. The molecule has 1 aromatic heterocycles. The zero-order valence-electron chi connectivity index (χ0n) is 19.0. The highest BCUT2D eigenvalue weighted by atomic mass is 16.6. The summed E-state index contributed by atoms with van der Waals surface area (Å²) in [6.07, 6.45) is -0.286. The van der Waals surface area contributed by atoms with Crippen LogP contribution in [0.1, 0.15) is 26.5 Å². The number of methoxy groups -OCH3 is 1. The Morgan fingerprint density at radius 3 is 2.58 bits per heavy atom. The van der Waals surface area contributed by atoms with Crippen molar-refractivity contribution in [3.05, 3.63) is 30.0 Å². The first-order valence-electron chi connectivity index (χ1n) is 10.3. The first kappa shape index (κ1) is 22.5. The van der Waals surface area contributed by atoms with Gasteiger partial charge in [-0.3, -0.25) is 0 Å². The van der Waals surface area contributed by atoms with Crippen molar-refractivity contribution in [2.24, 2.45) is 5.92 Å². The molecule has 9 heteroatoms. The highest BCUT2D eigenvalue weighted by molar-refractivity contribution is 5.69. The minimum absolute atomic E-state index is 0.243. The maximum absolute atomic E-state index is 12.1. The summed E-state index contributed by atoms with van der Waals surface area (Å²) >= 11 is 0. The van der Waals surface area contributed by atoms with Crippen molar-refractivity contribution >= 4 is 23.5 Å². The number of rotatable bonds is 7. The van der Waals surface area contributed by atoms with Gasteiger partial charge in [-0.2, -0.15) is 4.98 Å². The number of anilines is 3. The summed E-state index contributed by atoms with van der Waals surface area (Å²) in [6, 6.07) is 7.44. The molecule has 2 heterocycles. The van der Waals surface area contributed by atoms with Gasteiger partial charge in [-0.25, -0.2) is 9.78 Å². The Hall–Kier alpha value is -3.23. The van der Waals surface area contributed by atoms with Crippen LogP contribution < -0.4 is 20.1 Å². The molecule has 2 aromatic rings. The van der Waals surface area contributed by atoms with E-state index in [0.29, 0.717) is 37.1 Å². The van der Waals surface area contributed by atoms with E-state index < -0.39 is 5.60 Å². The molecule has 31 heavy (non-hydrogen) atoms. The zero-order valence-corrected chi connectivity index (χ0v) is 19.0. The number of aromatic nitrogens is 2. The molecule has 3 rings (SSSR count). The van der Waals surface area contributed by atoms with Crippen LogP contribution in [0.25, 0.3) is 0 Å². The normalized spacial score (nSPS) is 13.9. The number of benzene rings is 1. The maximum Gasteiger partial charge on any atom is 0.410 e. The van der Waals surface area contributed by atoms with Crippen molar-refractivity contribution in [2.75, 3.05) is 44.5 Å². The first-order chi connectivity index (χ1) is 14.7. The number of nitrogens with one attached hydrogen (secondary N) is 2. The highest BCUT2D eigenvalue weighted by Crippen LogP contribution is 2.32. The Morgan fingerprint density at radius 1 is 1.19 bits per heavy atom. The maximum atomic E-state index is 12.1. The van der Waals surface area contributed by atoms with Crippen LogP contribution in [0.4, 0.5) is 22.2 Å². The Balaban J connectivity index is 1.59. The molecule has 1 fully saturated rings. The molecule has 2 N–H and O–H groups in total. The van der Waals surface area contributed by atoms with E-state index >= 15 is 0 Å². The molecule has 0 bridgehead atoms. The average Bonchev–Trinajstić information content (AvgIpc) is 2.65. The molecule has 0 spiro atoms. The largest absolute Gasteiger partial charge is 0.493 e. The molecule has 1 aliphatic rings. The lowest BCUT2D eigenvalue weighted by Crippen LogP contribution is -2.53. The van der Waals surface area contributed by atoms with Gasteiger partial charge in [0.1, 0.15) is 11.4 Å². The summed E-state index contributed by atoms with van der Waals surface area (Å²) in [5.74, 6) is 2.72. The fourth-order valence-electron chi connectivity index (χ4n) is 3.11. The predicted molar refractivity (Wildman–Crippen MR) is 119 cm³/mol. The lowest BCUT2D eigenvalue weighted by Gasteiger charge is -2.39. The fraction of sp³-hybridized carbons (Fsp3) is 0.500. The lowest BCUT2D eigenvalue weighted by molar-refractivity contribution is -0.00795. The number of ether oxygens (including phenoxy) is 3. The average molecular weight is 430 g/mol. The summed E-state index contributed by atoms with van der Waals surface area (Å²) in [4.78, 5) is 22.6. The predicted octanol–water partition coefficient (Wildman–Crippen LogP) is 3.82. The number of carbonyl (C=O) groups excluding carboxylic acids is 1. The molecule has 0 radical (unpaired) electrons. The number of hydrogen-bond donors (Lipinski definition) is 2. The lowest BCUT2D eigenvalue weighted by atomic mass is 10.0. The van der Waals surface area contributed by atoms with Crippen LogP contribution in [0.2, 0.25) is 0 Å². The Morgan fingerprint density at radius 2 is 1.94 bits per heavy atom. The fourth-order valence-corrected chi connectivity index (χ4v) is 3.11. The van der Waals surface area contributed by atoms with Crippen LogP contribution in [0.5, 0.6) is 11.5 Å². The van der Waals surface area contributed by atoms with E-state index in [1.807, 2.05) is 59.0 Å². The van der Waals surface area contributed by atoms with Crippen molar-refractivity contribution in [1.82, 2.24) is 14.9 Å². The van der Waals surface area contributed by atoms with E-state index in [-0.39, 0.29) is 12.0 Å². The molecule has 1 amide bonds. The minimum atomic E-state index is -0.492. The van der Waals surface area contributed by atoms with E-state index in [9.17, 15) is 4.79 Å². The molecule has 9 nitrogen and oxygen atoms in total. The van der Waals surface area contributed by atoms with Crippen molar-refractivity contribution < 1.29 is 19.0 Å². The SMILES string of the molecule is CNc1cc(C)nc(Nc2ccc(OC)c(OCC3CN(C(=O)OC(C)(C)C)C3)c2)n1. The topological polar surface area (TPSA) is 97.8 Å². The van der Waals surface area contributed by atoms with Gasteiger partial charge in [-0.15, -0.1) is 0 Å². The molecule has 1 aromatic carbocycles. The van der Waals surface area contributed by atoms with Crippen molar-refractivity contribution in [3.8, 4) is 11.5 Å². The summed E-state index contributed by atoms with van der Waals surface area (Å²) in [5, 5.41) is 6.22. The summed E-state index contributed by atoms with van der Waals surface area (Å²) < 4.78 is 16.8. The van der Waals surface area contributed by atoms with Gasteiger partial charge in [0.2, 0.25) is 5.95 Å². The Kier molecular flexibility index (Phi) is 6.72. The van der Waals surface area contributed by atoms with E-state index in [0.717, 1.165) is 17.2 Å². The second-order valence-electron chi connectivity index (χ2n) is 8.52. The third-order valence-corrected chi connectivity index (χ3v) is 4.61. The van der Waals surface area contributed by atoms with Gasteiger partial charge in [0, 0.05) is 49.6 Å². The molecule has 168 valence electrons. The Bertz CT molecular complexity index is 923. The molecule has 1 aliphatic heterocycles. The van der Waals surface area contributed by atoms with Crippen LogP contribution in [0.3, 0.4) is 0 Å². The Labute approximate surface area is 183 Å². The van der Waals surface area contributed by atoms with Gasteiger partial charge in [-0.05, 0) is 39.8 Å². The quantitative estimate of drug-likeness (QED) is 0.685. The second kappa shape index (κ2) is 9.28. The minimum Gasteiger partial charge on any atom is -0.493 e. The van der Waals surface area contributed by atoms with E-state index in [1.54, 1.807) is 12.0 Å². The summed E-state index contributed by atoms with van der Waals surface area (Å²) in [6.45, 7) is 9.19. The van der Waals surface area contributed by atoms with Gasteiger partial charge >= 0.3 is 6.09 Å². The van der Waals surface area contributed by atoms with Gasteiger partial charge in [0.05, 0.1) is 13.7 Å². The molecule has 1 saturated heterocycles. The van der Waals surface area contributed by atoms with Crippen LogP contribution in [-0.2, 0) is 4.74 Å². The third kappa shape index (κ3) is 6.13. The number of hydrogen-bond acceptors (Lipinski definition) is 8. The van der Waals surface area contributed by atoms with Crippen molar-refractivity contribution in [3.63, 3.8) is 0 Å². The molecular weight excluding hydrogens is 398 g/mol. The van der Waals surface area contributed by atoms with E-state index in [2.05, 4.69) is 20.6 Å². The van der Waals surface area contributed by atoms with Crippen molar-refractivity contribution in [2.45, 2.75) is 33.3 Å². The smallest absolute Gasteiger partial charge is 0.410 e. The van der Waals surface area contributed by atoms with Gasteiger partial charge in [0.15, 0.2) is 11.5 Å². The highest BCUT2D eigenvalue weighted by Gasteiger charge is 2.34. The van der Waals surface area contributed by atoms with E-state index in [1.165, 1.54) is 0 Å². The number of likely N-dealkylation sites (tertiary alicyclic amines) is 1. The van der Waals surface area contributed by atoms with Gasteiger partial charge < -0.3 is 29.7 Å². The second-order valence-corrected chi connectivity index (χ2v) is 8.52. The molecule has 0 saturated carbocycles. The standard InChI is InChI=1S/C22H31N5O4/c1-14-9-19(23-5)26-20(24-14)25-16-7-8-17(29-6)18(10-16)30-13-15-11-27(12-15)21(28)31-22(2,3)4/h7-10,15H,11-13H2,1-6H3,(H2,23,24,25,26). The number of aryl methyl sites for hydroxylation is 1. The molecule has 0 unspecified atom stereocenters. The van der Waals surface area contributed by atoms with Crippen LogP contribution in [0, 0.1) is 12.8 Å². The van der Waals surface area contributed by atoms with Gasteiger partial charge in [-0.1, -0.05) is 0 Å². The van der Waals surface area contributed by atoms with Crippen LogP contribution in [-0.4, -0.2) is 60.4 Å². The monoisotopic (exact) mass is 429 g/mol. The molecule has 0 aliphatic carbocycles. The summed E-state index contributed by atoms with van der Waals surface area (Å²) in [5.41, 5.74) is 1.15. The number of carbonyl (C=O) groups is 1. The van der Waals surface area contributed by atoms with Crippen molar-refractivity contribution in [1.29, 1.82) is 0 Å². The first-order valence-corrected chi connectivity index (χ1v) is 10.3. The number of amides is 1. The molecular formula is C22H31N5O4. The zero-order chi connectivity index (χ0) is 22.6. The van der Waals surface area contributed by atoms with E-state index in [4.69, 9.17) is 14.2 Å². The summed E-state index contributed by atoms with van der Waals surface area (Å²) in [7, 11) is 3.42. The van der Waals surface area contributed by atoms with Crippen LogP contribution in [0.15, 0.2) is 24.3 Å². The van der Waals surface area contributed by atoms with Gasteiger partial charge in [0.25, 0.3) is 0 Å². The third-order valence-electron chi connectivity index (χ3n) is 4.61. The van der Waals surface area contributed by atoms with Crippen LogP contribution >= 0.6 is 0 Å². The molecule has 0 atom stereocenters.